The van der Waals surface area contributed by atoms with Gasteiger partial charge >= 0.3 is 6.03 Å². The molecule has 0 radical (unpaired) electrons. The molecular formula is C33H27Cl2FN4O2. The Morgan fingerprint density at radius 1 is 1.02 bits per heavy atom. The molecule has 4 aromatic rings. The van der Waals surface area contributed by atoms with Gasteiger partial charge in [0, 0.05) is 40.4 Å². The topological polar surface area (TPSA) is 85.2 Å². The molecule has 6 nitrogen and oxygen atoms in total. The Kier molecular flexibility index (Phi) is 8.49. The molecule has 212 valence electrons. The van der Waals surface area contributed by atoms with E-state index in [1.807, 2.05) is 25.1 Å². The molecule has 0 spiro atoms. The highest BCUT2D eigenvalue weighted by Crippen LogP contribution is 2.49. The molecule has 4 aromatic carbocycles. The van der Waals surface area contributed by atoms with E-state index in [1.165, 1.54) is 12.1 Å². The third-order valence-corrected chi connectivity index (χ3v) is 8.20. The molecule has 3 amide bonds. The van der Waals surface area contributed by atoms with Crippen molar-refractivity contribution in [2.24, 2.45) is 0 Å². The standard InChI is InChI=1S/C33H27Cl2FN4O2/c1-33(29-13-12-25(35)18-30(29)39-31(33)41)28(23-8-10-24(34)11-9-23)14-15-40(20-22-5-2-6-26(36)16-22)32(42)38-27-7-3-4-21(17-27)19-37/h2-13,16-18,28H,14-15,20H2,1H3,(H,38,42)(H,39,41)/t28-,33+/m1/s1. The van der Waals surface area contributed by atoms with Gasteiger partial charge in [-0.15, -0.1) is 0 Å². The molecule has 5 rings (SSSR count). The number of hydrogen-bond donors (Lipinski definition) is 2. The first-order valence-electron chi connectivity index (χ1n) is 13.3. The zero-order chi connectivity index (χ0) is 29.9. The highest BCUT2D eigenvalue weighted by atomic mass is 35.5. The highest BCUT2D eigenvalue weighted by molar-refractivity contribution is 6.31. The number of nitrogens with zero attached hydrogens (tertiary/aromatic N) is 2. The predicted molar refractivity (Wildman–Crippen MR) is 163 cm³/mol. The predicted octanol–water partition coefficient (Wildman–Crippen LogP) is 8.12. The summed E-state index contributed by atoms with van der Waals surface area (Å²) in [5.74, 6) is -0.935. The van der Waals surface area contributed by atoms with E-state index in [1.54, 1.807) is 65.6 Å². The number of rotatable bonds is 8. The number of anilines is 2. The van der Waals surface area contributed by atoms with Gasteiger partial charge < -0.3 is 15.5 Å². The summed E-state index contributed by atoms with van der Waals surface area (Å²) in [4.78, 5) is 28.8. The molecule has 0 fully saturated rings. The first kappa shape index (κ1) is 29.1. The summed E-state index contributed by atoms with van der Waals surface area (Å²) in [7, 11) is 0. The monoisotopic (exact) mass is 600 g/mol. The van der Waals surface area contributed by atoms with Gasteiger partial charge in [-0.05, 0) is 84.6 Å². The summed E-state index contributed by atoms with van der Waals surface area (Å²) in [6, 6.07) is 27.0. The largest absolute Gasteiger partial charge is 0.325 e. The van der Waals surface area contributed by atoms with E-state index in [0.29, 0.717) is 39.0 Å². The van der Waals surface area contributed by atoms with Crippen LogP contribution in [0.4, 0.5) is 20.6 Å². The van der Waals surface area contributed by atoms with E-state index in [0.717, 1.165) is 11.1 Å². The number of nitrogens with one attached hydrogen (secondary N) is 2. The lowest BCUT2D eigenvalue weighted by Crippen LogP contribution is -2.41. The van der Waals surface area contributed by atoms with E-state index in [4.69, 9.17) is 23.2 Å². The van der Waals surface area contributed by atoms with Crippen LogP contribution in [0.5, 0.6) is 0 Å². The molecule has 1 heterocycles. The lowest BCUT2D eigenvalue weighted by Gasteiger charge is -2.35. The Bertz CT molecular complexity index is 1690. The molecule has 1 aliphatic heterocycles. The Morgan fingerprint density at radius 2 is 1.76 bits per heavy atom. The number of nitriles is 1. The van der Waals surface area contributed by atoms with Gasteiger partial charge in [0.25, 0.3) is 0 Å². The molecule has 1 aliphatic rings. The minimum absolute atomic E-state index is 0.129. The molecular weight excluding hydrogens is 574 g/mol. The number of benzene rings is 4. The maximum absolute atomic E-state index is 14.1. The second kappa shape index (κ2) is 12.2. The fraction of sp³-hybridized carbons (Fsp3) is 0.182. The number of carbonyl (C=O) groups excluding carboxylic acids is 2. The van der Waals surface area contributed by atoms with Crippen molar-refractivity contribution in [2.45, 2.75) is 31.2 Å². The van der Waals surface area contributed by atoms with Crippen LogP contribution in [0, 0.1) is 17.1 Å². The van der Waals surface area contributed by atoms with Crippen LogP contribution in [0.15, 0.2) is 91.0 Å². The fourth-order valence-corrected chi connectivity index (χ4v) is 5.84. The second-order valence-electron chi connectivity index (χ2n) is 10.4. The van der Waals surface area contributed by atoms with Gasteiger partial charge in [0.05, 0.1) is 17.0 Å². The first-order valence-corrected chi connectivity index (χ1v) is 14.1. The molecule has 0 bridgehead atoms. The molecule has 0 aliphatic carbocycles. The van der Waals surface area contributed by atoms with Crippen LogP contribution in [0.3, 0.4) is 0 Å². The number of halogens is 3. The minimum atomic E-state index is -0.976. The molecule has 2 N–H and O–H groups in total. The van der Waals surface area contributed by atoms with Gasteiger partial charge in [-0.25, -0.2) is 9.18 Å². The molecule has 0 unspecified atom stereocenters. The van der Waals surface area contributed by atoms with Gasteiger partial charge in [0.1, 0.15) is 5.82 Å². The van der Waals surface area contributed by atoms with Crippen molar-refractivity contribution in [3.63, 3.8) is 0 Å². The van der Waals surface area contributed by atoms with Crippen molar-refractivity contribution in [3.8, 4) is 6.07 Å². The molecule has 42 heavy (non-hydrogen) atoms. The van der Waals surface area contributed by atoms with E-state index >= 15 is 0 Å². The normalized spacial score (nSPS) is 16.2. The van der Waals surface area contributed by atoms with Crippen molar-refractivity contribution < 1.29 is 14.0 Å². The van der Waals surface area contributed by atoms with E-state index < -0.39 is 17.3 Å². The second-order valence-corrected chi connectivity index (χ2v) is 11.3. The number of hydrogen-bond acceptors (Lipinski definition) is 3. The van der Waals surface area contributed by atoms with Gasteiger partial charge in [-0.2, -0.15) is 5.26 Å². The summed E-state index contributed by atoms with van der Waals surface area (Å²) in [6.45, 7) is 2.26. The lowest BCUT2D eigenvalue weighted by molar-refractivity contribution is -0.121. The van der Waals surface area contributed by atoms with Crippen molar-refractivity contribution in [1.29, 1.82) is 5.26 Å². The Balaban J connectivity index is 1.49. The van der Waals surface area contributed by atoms with Crippen molar-refractivity contribution in [1.82, 2.24) is 4.90 Å². The van der Waals surface area contributed by atoms with E-state index in [9.17, 15) is 19.2 Å². The smallest absolute Gasteiger partial charge is 0.322 e. The molecule has 2 atom stereocenters. The van der Waals surface area contributed by atoms with Crippen molar-refractivity contribution in [2.75, 3.05) is 17.2 Å². The van der Waals surface area contributed by atoms with Crippen LogP contribution in [0.1, 0.15) is 41.5 Å². The quantitative estimate of drug-likeness (QED) is 0.214. The molecule has 0 aromatic heterocycles. The zero-order valence-corrected chi connectivity index (χ0v) is 24.2. The maximum Gasteiger partial charge on any atom is 0.322 e. The molecule has 9 heteroatoms. The minimum Gasteiger partial charge on any atom is -0.325 e. The Labute approximate surface area is 253 Å². The summed E-state index contributed by atoms with van der Waals surface area (Å²) in [5, 5.41) is 16.2. The van der Waals surface area contributed by atoms with Crippen LogP contribution < -0.4 is 10.6 Å². The van der Waals surface area contributed by atoms with Crippen molar-refractivity contribution >= 4 is 46.5 Å². The number of amides is 3. The average molecular weight is 602 g/mol. The summed E-state index contributed by atoms with van der Waals surface area (Å²) >= 11 is 12.4. The van der Waals surface area contributed by atoms with E-state index in [2.05, 4.69) is 16.7 Å². The number of urea groups is 1. The summed E-state index contributed by atoms with van der Waals surface area (Å²) in [5.41, 5.74) is 2.86. The van der Waals surface area contributed by atoms with Gasteiger partial charge in [0.2, 0.25) is 5.91 Å². The SMILES string of the molecule is C[C@@]1([C@H](CCN(Cc2cccc(F)c2)C(=O)Nc2cccc(C#N)c2)c2ccc(Cl)cc2)C(=O)Nc2cc(Cl)ccc21. The van der Waals surface area contributed by atoms with Crippen LogP contribution >= 0.6 is 23.2 Å². The molecule has 0 saturated carbocycles. The van der Waals surface area contributed by atoms with Crippen LogP contribution in [0.2, 0.25) is 10.0 Å². The third kappa shape index (κ3) is 6.11. The fourth-order valence-electron chi connectivity index (χ4n) is 5.54. The summed E-state index contributed by atoms with van der Waals surface area (Å²) in [6.07, 6.45) is 0.397. The van der Waals surface area contributed by atoms with Crippen LogP contribution in [0.25, 0.3) is 0 Å². The van der Waals surface area contributed by atoms with Gasteiger partial charge in [0.15, 0.2) is 0 Å². The number of carbonyl (C=O) groups is 2. The Morgan fingerprint density at radius 3 is 2.50 bits per heavy atom. The van der Waals surface area contributed by atoms with Gasteiger partial charge in [-0.1, -0.05) is 59.6 Å². The number of fused-ring (bicyclic) bond motifs is 1. The lowest BCUT2D eigenvalue weighted by atomic mass is 9.68. The van der Waals surface area contributed by atoms with Crippen molar-refractivity contribution in [3.05, 3.63) is 129 Å². The summed E-state index contributed by atoms with van der Waals surface area (Å²) < 4.78 is 14.1. The average Bonchev–Trinajstić information content (AvgIpc) is 3.22. The van der Waals surface area contributed by atoms with Crippen LogP contribution in [-0.2, 0) is 16.8 Å². The van der Waals surface area contributed by atoms with Crippen LogP contribution in [-0.4, -0.2) is 23.4 Å². The zero-order valence-electron chi connectivity index (χ0n) is 22.7. The first-order chi connectivity index (χ1) is 20.2. The Hall–Kier alpha value is -4.38. The highest BCUT2D eigenvalue weighted by Gasteiger charge is 2.49. The van der Waals surface area contributed by atoms with E-state index in [-0.39, 0.29) is 24.9 Å². The third-order valence-electron chi connectivity index (χ3n) is 7.71. The van der Waals surface area contributed by atoms with Gasteiger partial charge in [-0.3, -0.25) is 4.79 Å². The maximum atomic E-state index is 14.1. The molecule has 0 saturated heterocycles.